The first-order valence-electron chi connectivity index (χ1n) is 10.2. The minimum Gasteiger partial charge on any atom is -0.484 e. The molecule has 172 valence electrons. The maximum atomic E-state index is 12.9. The number of benzene rings is 2. The highest BCUT2D eigenvalue weighted by Gasteiger charge is 2.16. The topological polar surface area (TPSA) is 102 Å². The van der Waals surface area contributed by atoms with E-state index in [0.29, 0.717) is 39.6 Å². The molecule has 0 saturated carbocycles. The maximum absolute atomic E-state index is 12.9. The quantitative estimate of drug-likeness (QED) is 0.413. The summed E-state index contributed by atoms with van der Waals surface area (Å²) in [6, 6.07) is 16.9. The monoisotopic (exact) mass is 463 g/mol. The lowest BCUT2D eigenvalue weighted by Gasteiger charge is -2.14. The smallest absolute Gasteiger partial charge is 0.387 e. The van der Waals surface area contributed by atoms with Gasteiger partial charge in [-0.3, -0.25) is 4.79 Å². The number of carbonyl (C=O) groups excluding carboxylic acids is 1. The third-order valence-electron chi connectivity index (χ3n) is 4.88. The zero-order valence-corrected chi connectivity index (χ0v) is 18.0. The van der Waals surface area contributed by atoms with Gasteiger partial charge in [-0.05, 0) is 36.4 Å². The number of halogens is 2. The first kappa shape index (κ1) is 22.7. The van der Waals surface area contributed by atoms with Crippen molar-refractivity contribution in [2.45, 2.75) is 26.7 Å². The van der Waals surface area contributed by atoms with Gasteiger partial charge in [-0.25, -0.2) is 9.97 Å². The van der Waals surface area contributed by atoms with Crippen molar-refractivity contribution in [3.05, 3.63) is 77.7 Å². The van der Waals surface area contributed by atoms with Gasteiger partial charge in [-0.2, -0.15) is 14.0 Å². The molecule has 0 unspecified atom stereocenters. The van der Waals surface area contributed by atoms with Crippen LogP contribution in [0.25, 0.3) is 11.0 Å². The van der Waals surface area contributed by atoms with Crippen LogP contribution in [-0.2, 0) is 17.9 Å². The molecule has 0 fully saturated rings. The Labute approximate surface area is 193 Å². The van der Waals surface area contributed by atoms with Gasteiger partial charge in [0, 0.05) is 12.5 Å². The summed E-state index contributed by atoms with van der Waals surface area (Å²) >= 11 is 0. The fraction of sp³-hybridized carbons (Fsp3) is 0.167. The van der Waals surface area contributed by atoms with Crippen LogP contribution < -0.4 is 14.8 Å². The number of anilines is 1. The second-order valence-corrected chi connectivity index (χ2v) is 7.26. The van der Waals surface area contributed by atoms with E-state index in [1.54, 1.807) is 53.1 Å². The summed E-state index contributed by atoms with van der Waals surface area (Å²) in [5.74, 6) is 1.18. The predicted molar refractivity (Wildman–Crippen MR) is 119 cm³/mol. The van der Waals surface area contributed by atoms with Gasteiger partial charge in [0.15, 0.2) is 0 Å². The molecule has 0 aliphatic heterocycles. The Bertz CT molecular complexity index is 1360. The van der Waals surface area contributed by atoms with E-state index in [4.69, 9.17) is 4.74 Å². The van der Waals surface area contributed by atoms with Crippen molar-refractivity contribution >= 4 is 22.8 Å². The fourth-order valence-electron chi connectivity index (χ4n) is 3.41. The van der Waals surface area contributed by atoms with Crippen molar-refractivity contribution in [2.24, 2.45) is 0 Å². The van der Waals surface area contributed by atoms with Gasteiger partial charge >= 0.3 is 6.61 Å². The van der Waals surface area contributed by atoms with Crippen molar-refractivity contribution in [1.82, 2.24) is 14.5 Å². The molecule has 10 heteroatoms. The summed E-state index contributed by atoms with van der Waals surface area (Å²) < 4.78 is 38.1. The van der Waals surface area contributed by atoms with Crippen molar-refractivity contribution in [3.63, 3.8) is 0 Å². The SMILES string of the molecule is CC(=O)Nc1ccc(OCc2nc3ccc(C#N)cc3n2Cc2ccccc2OC(F)F)cn1. The van der Waals surface area contributed by atoms with Crippen molar-refractivity contribution < 1.29 is 23.0 Å². The Kier molecular flexibility index (Phi) is 6.64. The van der Waals surface area contributed by atoms with Crippen LogP contribution in [0.15, 0.2) is 60.8 Å². The van der Waals surface area contributed by atoms with Gasteiger partial charge in [0.2, 0.25) is 5.91 Å². The molecule has 4 aromatic rings. The van der Waals surface area contributed by atoms with Gasteiger partial charge in [-0.15, -0.1) is 0 Å². The Morgan fingerprint density at radius 2 is 2.03 bits per heavy atom. The first-order chi connectivity index (χ1) is 16.4. The molecule has 1 N–H and O–H groups in total. The molecule has 1 amide bonds. The van der Waals surface area contributed by atoms with Crippen LogP contribution in [0.3, 0.4) is 0 Å². The normalized spacial score (nSPS) is 10.8. The van der Waals surface area contributed by atoms with E-state index in [2.05, 4.69) is 26.1 Å². The fourth-order valence-corrected chi connectivity index (χ4v) is 3.41. The lowest BCUT2D eigenvalue weighted by molar-refractivity contribution is -0.114. The van der Waals surface area contributed by atoms with Gasteiger partial charge < -0.3 is 19.4 Å². The van der Waals surface area contributed by atoms with E-state index < -0.39 is 6.61 Å². The average Bonchev–Trinajstić information content (AvgIpc) is 3.15. The van der Waals surface area contributed by atoms with Crippen LogP contribution in [0, 0.1) is 11.3 Å². The number of pyridine rings is 1. The lowest BCUT2D eigenvalue weighted by Crippen LogP contribution is -2.11. The number of hydrogen-bond donors (Lipinski definition) is 1. The molecule has 0 aliphatic rings. The van der Waals surface area contributed by atoms with Crippen LogP contribution >= 0.6 is 0 Å². The van der Waals surface area contributed by atoms with Crippen LogP contribution in [-0.4, -0.2) is 27.1 Å². The van der Waals surface area contributed by atoms with Crippen molar-refractivity contribution in [2.75, 3.05) is 5.32 Å². The van der Waals surface area contributed by atoms with Crippen LogP contribution in [0.5, 0.6) is 11.5 Å². The summed E-state index contributed by atoms with van der Waals surface area (Å²) in [7, 11) is 0. The summed E-state index contributed by atoms with van der Waals surface area (Å²) in [5.41, 5.74) is 2.25. The van der Waals surface area contributed by atoms with Gasteiger partial charge in [0.05, 0.1) is 35.4 Å². The van der Waals surface area contributed by atoms with Crippen molar-refractivity contribution in [3.8, 4) is 17.6 Å². The standard InChI is InChI=1S/C24H19F2N5O3/c1-15(32)29-22-9-7-18(12-28-22)33-14-23-30-19-8-6-16(11-27)10-20(19)31(23)13-17-4-2-3-5-21(17)34-24(25)26/h2-10,12,24H,13-14H2,1H3,(H,28,29,32). The zero-order chi connectivity index (χ0) is 24.1. The molecule has 0 atom stereocenters. The number of aromatic nitrogens is 3. The molecule has 8 nitrogen and oxygen atoms in total. The molecule has 0 saturated heterocycles. The zero-order valence-electron chi connectivity index (χ0n) is 18.0. The van der Waals surface area contributed by atoms with Crippen LogP contribution in [0.2, 0.25) is 0 Å². The molecule has 2 aromatic heterocycles. The molecule has 2 aromatic carbocycles. The second kappa shape index (κ2) is 9.95. The number of imidazole rings is 1. The van der Waals surface area contributed by atoms with Gasteiger partial charge in [-0.1, -0.05) is 18.2 Å². The highest BCUT2D eigenvalue weighted by Crippen LogP contribution is 2.26. The summed E-state index contributed by atoms with van der Waals surface area (Å²) in [5, 5.41) is 11.9. The molecule has 0 bridgehead atoms. The van der Waals surface area contributed by atoms with E-state index in [1.165, 1.54) is 19.2 Å². The number of nitriles is 1. The van der Waals surface area contributed by atoms with E-state index in [-0.39, 0.29) is 24.8 Å². The highest BCUT2D eigenvalue weighted by atomic mass is 19.3. The molecular weight excluding hydrogens is 444 g/mol. The molecule has 34 heavy (non-hydrogen) atoms. The van der Waals surface area contributed by atoms with E-state index in [1.807, 2.05) is 0 Å². The van der Waals surface area contributed by atoms with Gasteiger partial charge in [0.25, 0.3) is 0 Å². The number of amides is 1. The number of fused-ring (bicyclic) bond motifs is 1. The van der Waals surface area contributed by atoms with Crippen LogP contribution in [0.4, 0.5) is 14.6 Å². The lowest BCUT2D eigenvalue weighted by atomic mass is 10.2. The predicted octanol–water partition coefficient (Wildman–Crippen LogP) is 4.49. The number of alkyl halides is 2. The Morgan fingerprint density at radius 3 is 2.74 bits per heavy atom. The highest BCUT2D eigenvalue weighted by molar-refractivity contribution is 5.87. The maximum Gasteiger partial charge on any atom is 0.387 e. The molecular formula is C24H19F2N5O3. The number of para-hydroxylation sites is 1. The minimum atomic E-state index is -2.96. The number of nitrogens with one attached hydrogen (secondary N) is 1. The summed E-state index contributed by atoms with van der Waals surface area (Å²) in [6.07, 6.45) is 1.47. The summed E-state index contributed by atoms with van der Waals surface area (Å²) in [6.45, 7) is -1.34. The minimum absolute atomic E-state index is 0.0512. The number of carbonyl (C=O) groups is 1. The Hall–Kier alpha value is -4.52. The van der Waals surface area contributed by atoms with E-state index in [0.717, 1.165) is 0 Å². The number of hydrogen-bond acceptors (Lipinski definition) is 6. The second-order valence-electron chi connectivity index (χ2n) is 7.26. The molecule has 4 rings (SSSR count). The third kappa shape index (κ3) is 5.27. The third-order valence-corrected chi connectivity index (χ3v) is 4.88. The Balaban J connectivity index is 1.65. The van der Waals surface area contributed by atoms with Crippen LogP contribution in [0.1, 0.15) is 23.9 Å². The number of ether oxygens (including phenoxy) is 2. The number of rotatable bonds is 8. The average molecular weight is 463 g/mol. The first-order valence-corrected chi connectivity index (χ1v) is 10.2. The van der Waals surface area contributed by atoms with E-state index in [9.17, 15) is 18.8 Å². The van der Waals surface area contributed by atoms with E-state index >= 15 is 0 Å². The molecule has 2 heterocycles. The molecule has 0 radical (unpaired) electrons. The van der Waals surface area contributed by atoms with Crippen molar-refractivity contribution in [1.29, 1.82) is 5.26 Å². The largest absolute Gasteiger partial charge is 0.484 e. The molecule has 0 spiro atoms. The molecule has 0 aliphatic carbocycles. The number of nitrogens with zero attached hydrogens (tertiary/aromatic N) is 4. The Morgan fingerprint density at radius 1 is 1.21 bits per heavy atom. The van der Waals surface area contributed by atoms with Gasteiger partial charge in [0.1, 0.15) is 29.7 Å². The summed E-state index contributed by atoms with van der Waals surface area (Å²) in [4.78, 5) is 19.9.